The molecule has 0 bridgehead atoms. The molecule has 15 heteroatoms. The number of hydrogen-bond donors (Lipinski definition) is 6. The van der Waals surface area contributed by atoms with Gasteiger partial charge in [0.1, 0.15) is 0 Å². The summed E-state index contributed by atoms with van der Waals surface area (Å²) >= 11 is 4.51. The average Bonchev–Trinajstić information content (AvgIpc) is 4.17. The van der Waals surface area contributed by atoms with Crippen molar-refractivity contribution < 1.29 is 28.8 Å². The quantitative estimate of drug-likeness (QED) is 0.0164. The van der Waals surface area contributed by atoms with E-state index in [0.717, 1.165) is 55.2 Å². The number of ketones is 3. The molecule has 0 radical (unpaired) electrons. The van der Waals surface area contributed by atoms with Crippen LogP contribution in [0.3, 0.4) is 0 Å². The molecule has 3 aromatic carbocycles. The molecule has 0 aliphatic heterocycles. The summed E-state index contributed by atoms with van der Waals surface area (Å²) < 4.78 is 0. The van der Waals surface area contributed by atoms with Gasteiger partial charge in [0, 0.05) is 39.7 Å². The SMILES string of the molecule is CCCC[C@H](NC(=O)Cc1ccsc1)C(=O)c1ccc(C(c2ccc(C(=O)[C@H](CCCC)NC(=O)Cc3ccsc3)cc2N)c2ccc(C(=O)[C@H](CCCC)NC(=O)Cc3ccsc3)cc2N)c(N)c1. The maximum Gasteiger partial charge on any atom is 0.225 e. The molecule has 6 aromatic rings. The standard InChI is InChI=1S/C55H64N6O6S3/c1-4-7-10-46(59-49(62)25-34-19-22-68-31-34)53(65)37-13-16-40(43(56)28-37)52(41-17-14-38(29-44(41)57)54(66)47(11-8-5-2)60-50(63)26-35-20-23-69-32-35)42-18-15-39(30-45(42)58)55(67)48(12-9-6-3)61-51(64)27-36-21-24-70-33-36/h13-24,28-33,46-48,52H,4-12,25-27,56-58H2,1-3H3,(H,59,62)(H,60,63)(H,61,64)/t46-,47-,48-/m0/s1. The fourth-order valence-corrected chi connectivity index (χ4v) is 10.6. The third-order valence-corrected chi connectivity index (χ3v) is 14.6. The van der Waals surface area contributed by atoms with Crippen molar-refractivity contribution >= 4 is 86.1 Å². The van der Waals surface area contributed by atoms with Gasteiger partial charge in [-0.3, -0.25) is 28.8 Å². The fraction of sp³-hybridized carbons (Fsp3) is 0.345. The number of anilines is 3. The molecule has 0 aliphatic carbocycles. The van der Waals surface area contributed by atoms with E-state index in [2.05, 4.69) is 16.0 Å². The second-order valence-electron chi connectivity index (χ2n) is 17.8. The average molecular weight is 1000 g/mol. The zero-order chi connectivity index (χ0) is 50.2. The minimum absolute atomic E-state index is 0.160. The minimum atomic E-state index is -0.767. The van der Waals surface area contributed by atoms with Crippen molar-refractivity contribution in [1.29, 1.82) is 0 Å². The lowest BCUT2D eigenvalue weighted by Gasteiger charge is -2.25. The Morgan fingerprint density at radius 2 is 0.729 bits per heavy atom. The first kappa shape index (κ1) is 52.9. The molecule has 12 nitrogen and oxygen atoms in total. The predicted octanol–water partition coefficient (Wildman–Crippen LogP) is 10.1. The number of Topliss-reactive ketones (excluding diaryl/α,β-unsaturated/α-hetero) is 3. The van der Waals surface area contributed by atoms with Gasteiger partial charge in [0.15, 0.2) is 17.3 Å². The Labute approximate surface area is 422 Å². The molecule has 368 valence electrons. The highest BCUT2D eigenvalue weighted by atomic mass is 32.1. The molecule has 70 heavy (non-hydrogen) atoms. The number of carbonyl (C=O) groups is 6. The van der Waals surface area contributed by atoms with Crippen molar-refractivity contribution in [2.45, 2.75) is 122 Å². The van der Waals surface area contributed by atoms with E-state index in [4.69, 9.17) is 17.2 Å². The zero-order valence-corrected chi connectivity index (χ0v) is 42.5. The third-order valence-electron chi connectivity index (χ3n) is 12.4. The lowest BCUT2D eigenvalue weighted by atomic mass is 9.80. The van der Waals surface area contributed by atoms with Crippen molar-refractivity contribution in [1.82, 2.24) is 16.0 Å². The van der Waals surface area contributed by atoms with E-state index in [1.165, 1.54) is 34.0 Å². The second kappa shape index (κ2) is 26.0. The Bertz CT molecular complexity index is 2420. The van der Waals surface area contributed by atoms with E-state index in [9.17, 15) is 28.8 Å². The van der Waals surface area contributed by atoms with Crippen LogP contribution < -0.4 is 33.2 Å². The number of carbonyl (C=O) groups excluding carboxylic acids is 6. The molecular weight excluding hydrogens is 937 g/mol. The van der Waals surface area contributed by atoms with Gasteiger partial charge in [-0.05, 0) is 121 Å². The molecular formula is C55H64N6O6S3. The number of rotatable bonds is 27. The van der Waals surface area contributed by atoms with E-state index in [1.807, 2.05) is 71.3 Å². The van der Waals surface area contributed by atoms with Crippen LogP contribution in [-0.4, -0.2) is 53.2 Å². The topological polar surface area (TPSA) is 217 Å². The minimum Gasteiger partial charge on any atom is -0.398 e. The first-order valence-corrected chi connectivity index (χ1v) is 26.8. The van der Waals surface area contributed by atoms with Gasteiger partial charge in [-0.15, -0.1) is 0 Å². The van der Waals surface area contributed by atoms with Crippen molar-refractivity contribution in [2.24, 2.45) is 0 Å². The first-order chi connectivity index (χ1) is 33.8. The third kappa shape index (κ3) is 14.3. The molecule has 3 heterocycles. The van der Waals surface area contributed by atoms with E-state index in [-0.39, 0.29) is 71.4 Å². The molecule has 3 amide bonds. The molecule has 3 aromatic heterocycles. The molecule has 0 spiro atoms. The fourth-order valence-electron chi connectivity index (χ4n) is 8.58. The predicted molar refractivity (Wildman–Crippen MR) is 285 cm³/mol. The maximum atomic E-state index is 14.2. The van der Waals surface area contributed by atoms with Crippen molar-refractivity contribution in [3.05, 3.63) is 155 Å². The van der Waals surface area contributed by atoms with Crippen molar-refractivity contribution in [3.63, 3.8) is 0 Å². The van der Waals surface area contributed by atoms with Gasteiger partial charge in [0.2, 0.25) is 17.7 Å². The number of amides is 3. The van der Waals surface area contributed by atoms with Crippen LogP contribution in [0, 0.1) is 0 Å². The highest BCUT2D eigenvalue weighted by molar-refractivity contribution is 7.08. The first-order valence-electron chi connectivity index (χ1n) is 24.0. The Hall–Kier alpha value is -6.42. The highest BCUT2D eigenvalue weighted by Crippen LogP contribution is 2.41. The van der Waals surface area contributed by atoms with E-state index < -0.39 is 24.0 Å². The van der Waals surface area contributed by atoms with Crippen LogP contribution in [0.5, 0.6) is 0 Å². The molecule has 0 saturated heterocycles. The molecule has 3 atom stereocenters. The summed E-state index contributed by atoms with van der Waals surface area (Å²) in [5.74, 6) is -2.31. The molecule has 0 unspecified atom stereocenters. The number of unbranched alkanes of at least 4 members (excludes halogenated alkanes) is 3. The normalized spacial score (nSPS) is 12.5. The Morgan fingerprint density at radius 3 is 0.957 bits per heavy atom. The number of nitrogens with two attached hydrogens (primary N) is 3. The van der Waals surface area contributed by atoms with Gasteiger partial charge < -0.3 is 33.2 Å². The number of nitrogens with one attached hydrogen (secondary N) is 3. The van der Waals surface area contributed by atoms with Crippen LogP contribution in [0.2, 0.25) is 0 Å². The van der Waals surface area contributed by atoms with Gasteiger partial charge >= 0.3 is 0 Å². The van der Waals surface area contributed by atoms with Gasteiger partial charge in [0.05, 0.1) is 37.4 Å². The van der Waals surface area contributed by atoms with Crippen LogP contribution in [0.4, 0.5) is 17.1 Å². The van der Waals surface area contributed by atoms with Gasteiger partial charge in [-0.25, -0.2) is 0 Å². The summed E-state index contributed by atoms with van der Waals surface area (Å²) in [5, 5.41) is 20.3. The summed E-state index contributed by atoms with van der Waals surface area (Å²) in [5.41, 5.74) is 26.8. The van der Waals surface area contributed by atoms with Crippen molar-refractivity contribution in [2.75, 3.05) is 17.2 Å². The summed E-state index contributed by atoms with van der Waals surface area (Å²) in [7, 11) is 0. The van der Waals surface area contributed by atoms with Crippen LogP contribution in [0.25, 0.3) is 0 Å². The largest absolute Gasteiger partial charge is 0.398 e. The van der Waals surface area contributed by atoms with E-state index in [0.29, 0.717) is 52.6 Å². The Kier molecular flexibility index (Phi) is 19.6. The summed E-state index contributed by atoms with van der Waals surface area (Å²) in [6, 6.07) is 18.5. The summed E-state index contributed by atoms with van der Waals surface area (Å²) in [6.45, 7) is 6.07. The molecule has 9 N–H and O–H groups in total. The monoisotopic (exact) mass is 1000 g/mol. The van der Waals surface area contributed by atoms with Crippen molar-refractivity contribution in [3.8, 4) is 0 Å². The van der Waals surface area contributed by atoms with E-state index >= 15 is 0 Å². The number of thiophene rings is 3. The smallest absolute Gasteiger partial charge is 0.225 e. The maximum absolute atomic E-state index is 14.2. The summed E-state index contributed by atoms with van der Waals surface area (Å²) in [6.07, 6.45) is 6.50. The van der Waals surface area contributed by atoms with E-state index in [1.54, 1.807) is 54.6 Å². The Balaban J connectivity index is 1.35. The number of benzene rings is 3. The molecule has 0 aliphatic rings. The van der Waals surface area contributed by atoms with Gasteiger partial charge in [-0.2, -0.15) is 34.0 Å². The van der Waals surface area contributed by atoms with Crippen LogP contribution in [0.15, 0.2) is 105 Å². The lowest BCUT2D eigenvalue weighted by molar-refractivity contribution is -0.121. The van der Waals surface area contributed by atoms with Crippen LogP contribution in [-0.2, 0) is 33.6 Å². The Morgan fingerprint density at radius 1 is 0.443 bits per heavy atom. The lowest BCUT2D eigenvalue weighted by Crippen LogP contribution is -2.41. The second-order valence-corrected chi connectivity index (χ2v) is 20.1. The number of hydrogen-bond acceptors (Lipinski definition) is 12. The van der Waals surface area contributed by atoms with Gasteiger partial charge in [-0.1, -0.05) is 95.7 Å². The number of nitrogen functional groups attached to an aromatic ring is 3. The molecule has 0 fully saturated rings. The van der Waals surface area contributed by atoms with Crippen LogP contribution >= 0.6 is 34.0 Å². The zero-order valence-electron chi connectivity index (χ0n) is 40.1. The molecule has 0 saturated carbocycles. The van der Waals surface area contributed by atoms with Crippen LogP contribution in [0.1, 0.15) is 149 Å². The summed E-state index contributed by atoms with van der Waals surface area (Å²) in [4.78, 5) is 81.9. The molecule has 6 rings (SSSR count). The highest BCUT2D eigenvalue weighted by Gasteiger charge is 2.30. The van der Waals surface area contributed by atoms with Gasteiger partial charge in [0.25, 0.3) is 0 Å².